The molecule has 1 saturated carbocycles. The van der Waals surface area contributed by atoms with E-state index in [0.717, 1.165) is 30.0 Å². The zero-order valence-corrected chi connectivity index (χ0v) is 12.2. The van der Waals surface area contributed by atoms with E-state index in [1.807, 2.05) is 24.4 Å². The lowest BCUT2D eigenvalue weighted by Crippen LogP contribution is -2.47. The van der Waals surface area contributed by atoms with Gasteiger partial charge < -0.3 is 10.8 Å². The van der Waals surface area contributed by atoms with Gasteiger partial charge in [-0.1, -0.05) is 25.3 Å². The third-order valence-corrected chi connectivity index (χ3v) is 4.95. The van der Waals surface area contributed by atoms with Crippen LogP contribution >= 0.6 is 11.8 Å². The molecule has 0 radical (unpaired) electrons. The molecule has 1 unspecified atom stereocenters. The van der Waals surface area contributed by atoms with Crippen molar-refractivity contribution < 1.29 is 5.11 Å². The molecule has 2 rings (SSSR count). The molecule has 106 valence electrons. The van der Waals surface area contributed by atoms with Crippen LogP contribution < -0.4 is 5.73 Å². The standard InChI is InChI=1S/C15H24N2OS/c16-15(18,13-7-2-1-3-8-13)10-6-12-19-14-9-4-5-11-17-14/h4-5,9,11,13,18H,1-3,6-8,10,12,16H2. The molecular weight excluding hydrogens is 256 g/mol. The fraction of sp³-hybridized carbons (Fsp3) is 0.667. The molecule has 0 saturated heterocycles. The summed E-state index contributed by atoms with van der Waals surface area (Å²) in [5, 5.41) is 11.4. The van der Waals surface area contributed by atoms with Crippen LogP contribution in [0.15, 0.2) is 29.4 Å². The van der Waals surface area contributed by atoms with E-state index in [1.165, 1.54) is 19.3 Å². The molecule has 0 amide bonds. The summed E-state index contributed by atoms with van der Waals surface area (Å²) >= 11 is 1.73. The summed E-state index contributed by atoms with van der Waals surface area (Å²) in [6, 6.07) is 5.93. The Balaban J connectivity index is 1.69. The molecule has 1 aromatic heterocycles. The predicted octanol–water partition coefficient (Wildman–Crippen LogP) is 3.18. The molecular formula is C15H24N2OS. The number of hydrogen-bond donors (Lipinski definition) is 2. The van der Waals surface area contributed by atoms with Crippen molar-refractivity contribution in [2.24, 2.45) is 11.7 Å². The van der Waals surface area contributed by atoms with Crippen LogP contribution in [0.2, 0.25) is 0 Å². The van der Waals surface area contributed by atoms with Gasteiger partial charge >= 0.3 is 0 Å². The number of hydrogen-bond acceptors (Lipinski definition) is 4. The lowest BCUT2D eigenvalue weighted by atomic mass is 9.80. The number of aromatic nitrogens is 1. The monoisotopic (exact) mass is 280 g/mol. The number of nitrogens with zero attached hydrogens (tertiary/aromatic N) is 1. The second-order valence-electron chi connectivity index (χ2n) is 5.45. The molecule has 19 heavy (non-hydrogen) atoms. The van der Waals surface area contributed by atoms with Crippen LogP contribution in [0.5, 0.6) is 0 Å². The molecule has 0 aromatic carbocycles. The van der Waals surface area contributed by atoms with Gasteiger partial charge in [-0.05, 0) is 43.6 Å². The van der Waals surface area contributed by atoms with Crippen LogP contribution in [0.25, 0.3) is 0 Å². The van der Waals surface area contributed by atoms with Crippen LogP contribution in [-0.4, -0.2) is 21.6 Å². The second-order valence-corrected chi connectivity index (χ2v) is 6.56. The van der Waals surface area contributed by atoms with Gasteiger partial charge in [0.25, 0.3) is 0 Å². The second kappa shape index (κ2) is 7.27. The van der Waals surface area contributed by atoms with Crippen molar-refractivity contribution in [3.8, 4) is 0 Å². The van der Waals surface area contributed by atoms with Gasteiger partial charge in [-0.3, -0.25) is 0 Å². The van der Waals surface area contributed by atoms with Gasteiger partial charge in [0.1, 0.15) is 5.72 Å². The number of thioether (sulfide) groups is 1. The molecule has 1 aliphatic rings. The number of nitrogens with two attached hydrogens (primary N) is 1. The maximum Gasteiger partial charge on any atom is 0.116 e. The van der Waals surface area contributed by atoms with Crippen LogP contribution in [0.1, 0.15) is 44.9 Å². The summed E-state index contributed by atoms with van der Waals surface area (Å²) < 4.78 is 0. The van der Waals surface area contributed by atoms with Gasteiger partial charge in [0.05, 0.1) is 5.03 Å². The van der Waals surface area contributed by atoms with E-state index >= 15 is 0 Å². The van der Waals surface area contributed by atoms with Crippen molar-refractivity contribution in [3.63, 3.8) is 0 Å². The SMILES string of the molecule is NC(O)(CCCSc1ccccn1)C1CCCCC1. The van der Waals surface area contributed by atoms with Gasteiger partial charge in [-0.25, -0.2) is 4.98 Å². The first-order chi connectivity index (χ1) is 9.18. The lowest BCUT2D eigenvalue weighted by molar-refractivity contribution is -0.0350. The van der Waals surface area contributed by atoms with Gasteiger partial charge in [0, 0.05) is 12.1 Å². The Kier molecular flexibility index (Phi) is 5.67. The Labute approximate surface area is 120 Å². The van der Waals surface area contributed by atoms with Crippen molar-refractivity contribution in [2.75, 3.05) is 5.75 Å². The molecule has 3 N–H and O–H groups in total. The van der Waals surface area contributed by atoms with Crippen molar-refractivity contribution in [3.05, 3.63) is 24.4 Å². The van der Waals surface area contributed by atoms with E-state index < -0.39 is 5.72 Å². The molecule has 3 nitrogen and oxygen atoms in total. The maximum atomic E-state index is 10.4. The van der Waals surface area contributed by atoms with E-state index in [1.54, 1.807) is 11.8 Å². The van der Waals surface area contributed by atoms with E-state index in [9.17, 15) is 5.11 Å². The Morgan fingerprint density at radius 1 is 1.32 bits per heavy atom. The zero-order chi connectivity index (χ0) is 13.6. The highest BCUT2D eigenvalue weighted by atomic mass is 32.2. The van der Waals surface area contributed by atoms with Crippen molar-refractivity contribution in [1.29, 1.82) is 0 Å². The molecule has 1 atom stereocenters. The topological polar surface area (TPSA) is 59.1 Å². The third kappa shape index (κ3) is 4.79. The van der Waals surface area contributed by atoms with Crippen LogP contribution in [0, 0.1) is 5.92 Å². The minimum absolute atomic E-state index is 0.293. The highest BCUT2D eigenvalue weighted by molar-refractivity contribution is 7.99. The Bertz CT molecular complexity index is 364. The quantitative estimate of drug-likeness (QED) is 0.477. The smallest absolute Gasteiger partial charge is 0.116 e. The molecule has 0 aliphatic heterocycles. The zero-order valence-electron chi connectivity index (χ0n) is 11.4. The van der Waals surface area contributed by atoms with E-state index in [2.05, 4.69) is 4.98 Å². The average Bonchev–Trinajstić information content (AvgIpc) is 2.46. The predicted molar refractivity (Wildman–Crippen MR) is 79.9 cm³/mol. The average molecular weight is 280 g/mol. The van der Waals surface area contributed by atoms with Gasteiger partial charge in [-0.15, -0.1) is 11.8 Å². The summed E-state index contributed by atoms with van der Waals surface area (Å²) in [6.45, 7) is 0. The highest BCUT2D eigenvalue weighted by Crippen LogP contribution is 2.32. The number of rotatable bonds is 6. The molecule has 1 fully saturated rings. The fourth-order valence-electron chi connectivity index (χ4n) is 2.77. The number of aliphatic hydroxyl groups is 1. The summed E-state index contributed by atoms with van der Waals surface area (Å²) in [7, 11) is 0. The fourth-order valence-corrected chi connectivity index (χ4v) is 3.58. The van der Waals surface area contributed by atoms with Crippen molar-refractivity contribution >= 4 is 11.8 Å². The molecule has 0 bridgehead atoms. The summed E-state index contributed by atoms with van der Waals surface area (Å²) in [5.41, 5.74) is 5.13. The summed E-state index contributed by atoms with van der Waals surface area (Å²) in [4.78, 5) is 4.27. The lowest BCUT2D eigenvalue weighted by Gasteiger charge is -2.35. The minimum atomic E-state index is -0.967. The first-order valence-corrected chi connectivity index (χ1v) is 8.22. The van der Waals surface area contributed by atoms with Gasteiger partial charge in [-0.2, -0.15) is 0 Å². The normalized spacial score (nSPS) is 20.1. The van der Waals surface area contributed by atoms with Crippen LogP contribution in [0.4, 0.5) is 0 Å². The molecule has 0 spiro atoms. The van der Waals surface area contributed by atoms with Gasteiger partial charge in [0.15, 0.2) is 0 Å². The first kappa shape index (κ1) is 14.8. The van der Waals surface area contributed by atoms with Crippen LogP contribution in [-0.2, 0) is 0 Å². The Morgan fingerprint density at radius 2 is 2.11 bits per heavy atom. The first-order valence-electron chi connectivity index (χ1n) is 7.23. The highest BCUT2D eigenvalue weighted by Gasteiger charge is 2.32. The summed E-state index contributed by atoms with van der Waals surface area (Å²) in [5.74, 6) is 1.25. The minimum Gasteiger partial charge on any atom is -0.376 e. The molecule has 1 aromatic rings. The molecule has 1 aliphatic carbocycles. The van der Waals surface area contributed by atoms with E-state index in [-0.39, 0.29) is 0 Å². The number of pyridine rings is 1. The molecule has 4 heteroatoms. The molecule has 1 heterocycles. The van der Waals surface area contributed by atoms with Crippen LogP contribution in [0.3, 0.4) is 0 Å². The van der Waals surface area contributed by atoms with Gasteiger partial charge in [0.2, 0.25) is 0 Å². The largest absolute Gasteiger partial charge is 0.376 e. The Morgan fingerprint density at radius 3 is 2.79 bits per heavy atom. The summed E-state index contributed by atoms with van der Waals surface area (Å²) in [6.07, 6.45) is 9.33. The van der Waals surface area contributed by atoms with E-state index in [0.29, 0.717) is 12.3 Å². The van der Waals surface area contributed by atoms with E-state index in [4.69, 9.17) is 5.73 Å². The Hall–Kier alpha value is -0.580. The van der Waals surface area contributed by atoms with Crippen molar-refractivity contribution in [2.45, 2.75) is 55.7 Å². The maximum absolute atomic E-state index is 10.4. The third-order valence-electron chi connectivity index (χ3n) is 3.92. The van der Waals surface area contributed by atoms with Crippen molar-refractivity contribution in [1.82, 2.24) is 4.98 Å².